The van der Waals surface area contributed by atoms with Crippen LogP contribution in [-0.4, -0.2) is 78.0 Å². The summed E-state index contributed by atoms with van der Waals surface area (Å²) in [6.07, 6.45) is 2.35. The van der Waals surface area contributed by atoms with Crippen LogP contribution in [0.25, 0.3) is 22.3 Å². The van der Waals surface area contributed by atoms with E-state index in [0.717, 1.165) is 25.8 Å². The van der Waals surface area contributed by atoms with Crippen molar-refractivity contribution in [3.05, 3.63) is 57.2 Å². The number of carbonyl (C=O) groups is 1. The molecule has 3 aromatic rings. The third-order valence-electron chi connectivity index (χ3n) is 7.97. The molecule has 5 rings (SSSR count). The SMILES string of the molecule is CCN(CC1CCCCN1)C(=O)Oc1cc(O)c2c(=O)cc(-c3ccccc3Cl)oc2c1[C@H]1CCN(C)C[C@H]1O.Cl.Cl. The van der Waals surface area contributed by atoms with Crippen molar-refractivity contribution in [3.8, 4) is 22.8 Å². The van der Waals surface area contributed by atoms with E-state index in [4.69, 9.17) is 20.8 Å². The zero-order valence-electron chi connectivity index (χ0n) is 23.7. The van der Waals surface area contributed by atoms with Crippen molar-refractivity contribution >= 4 is 53.5 Å². The lowest BCUT2D eigenvalue weighted by Gasteiger charge is -2.35. The zero-order chi connectivity index (χ0) is 28.4. The number of aromatic hydroxyl groups is 1. The maximum Gasteiger partial charge on any atom is 0.415 e. The van der Waals surface area contributed by atoms with Crippen LogP contribution in [0.1, 0.15) is 44.1 Å². The van der Waals surface area contributed by atoms with Crippen LogP contribution >= 0.6 is 36.4 Å². The van der Waals surface area contributed by atoms with Crippen LogP contribution in [0.2, 0.25) is 5.02 Å². The third-order valence-corrected chi connectivity index (χ3v) is 8.30. The van der Waals surface area contributed by atoms with Crippen molar-refractivity contribution in [1.29, 1.82) is 0 Å². The van der Waals surface area contributed by atoms with Gasteiger partial charge < -0.3 is 34.5 Å². The van der Waals surface area contributed by atoms with Gasteiger partial charge in [-0.3, -0.25) is 4.79 Å². The number of hydrogen-bond acceptors (Lipinski definition) is 8. The summed E-state index contributed by atoms with van der Waals surface area (Å²) in [6.45, 7) is 4.81. The zero-order valence-corrected chi connectivity index (χ0v) is 26.1. The number of nitrogens with one attached hydrogen (secondary N) is 1. The van der Waals surface area contributed by atoms with Crippen molar-refractivity contribution in [2.24, 2.45) is 0 Å². The number of nitrogens with zero attached hydrogens (tertiary/aromatic N) is 2. The van der Waals surface area contributed by atoms with Crippen molar-refractivity contribution in [3.63, 3.8) is 0 Å². The highest BCUT2D eigenvalue weighted by Crippen LogP contribution is 2.43. The van der Waals surface area contributed by atoms with Crippen LogP contribution in [0, 0.1) is 0 Å². The second kappa shape index (κ2) is 14.8. The smallest absolute Gasteiger partial charge is 0.415 e. The second-order valence-corrected chi connectivity index (χ2v) is 11.2. The summed E-state index contributed by atoms with van der Waals surface area (Å²) in [4.78, 5) is 30.4. The lowest BCUT2D eigenvalue weighted by molar-refractivity contribution is 0.0627. The molecule has 0 bridgehead atoms. The number of amides is 1. The van der Waals surface area contributed by atoms with Gasteiger partial charge in [-0.05, 0) is 58.5 Å². The van der Waals surface area contributed by atoms with Gasteiger partial charge in [0.05, 0.1) is 11.1 Å². The van der Waals surface area contributed by atoms with Crippen molar-refractivity contribution < 1.29 is 24.2 Å². The number of aliphatic hydroxyl groups excluding tert-OH is 1. The standard InChI is InChI=1S/C30H36ClN3O6.2ClH/c1-3-34(16-18-8-6-7-12-32-18)30(38)40-26-15-23(36)28-22(35)14-25(19-9-4-5-10-21(19)31)39-29(28)27(26)20-11-13-33(2)17-24(20)37;;/h4-5,9-10,14-15,18,20,24,32,36-37H,3,6-8,11-13,16-17H2,1-2H3;2*1H/t18?,20-,24+;;/m0../s1. The molecule has 3 atom stereocenters. The van der Waals surface area contributed by atoms with Crippen LogP contribution in [0.15, 0.2) is 45.6 Å². The molecular formula is C30H38Cl3N3O6. The topological polar surface area (TPSA) is 115 Å². The number of benzene rings is 2. The maximum absolute atomic E-state index is 13.4. The Bertz CT molecular complexity index is 1450. The van der Waals surface area contributed by atoms with E-state index in [1.807, 2.05) is 18.9 Å². The number of β-amino-alcohol motifs (C(OH)–C–C–N with tert-alkyl or cyclic N) is 1. The summed E-state index contributed by atoms with van der Waals surface area (Å²) < 4.78 is 12.2. The van der Waals surface area contributed by atoms with E-state index in [-0.39, 0.29) is 59.1 Å². The molecule has 1 unspecified atom stereocenters. The molecule has 1 amide bonds. The Morgan fingerprint density at radius 1 is 1.21 bits per heavy atom. The Hall–Kier alpha value is -2.53. The fourth-order valence-corrected chi connectivity index (χ4v) is 6.03. The third kappa shape index (κ3) is 7.15. The van der Waals surface area contributed by atoms with Gasteiger partial charge >= 0.3 is 6.09 Å². The average molecular weight is 643 g/mol. The average Bonchev–Trinajstić information content (AvgIpc) is 2.93. The highest BCUT2D eigenvalue weighted by Gasteiger charge is 2.35. The Labute approximate surface area is 262 Å². The molecule has 0 saturated carbocycles. The van der Waals surface area contributed by atoms with Gasteiger partial charge in [-0.1, -0.05) is 30.2 Å². The molecule has 3 heterocycles. The van der Waals surface area contributed by atoms with E-state index in [1.54, 1.807) is 29.2 Å². The molecule has 2 aliphatic heterocycles. The molecule has 42 heavy (non-hydrogen) atoms. The Kier molecular flexibility index (Phi) is 11.9. The molecule has 230 valence electrons. The van der Waals surface area contributed by atoms with E-state index < -0.39 is 23.5 Å². The first-order valence-electron chi connectivity index (χ1n) is 13.9. The van der Waals surface area contributed by atoms with Crippen molar-refractivity contribution in [1.82, 2.24) is 15.1 Å². The van der Waals surface area contributed by atoms with Gasteiger partial charge in [-0.25, -0.2) is 4.79 Å². The van der Waals surface area contributed by atoms with E-state index in [2.05, 4.69) is 5.32 Å². The number of phenolic OH excluding ortho intramolecular Hbond substituents is 1. The number of fused-ring (bicyclic) bond motifs is 1. The number of phenols is 1. The molecule has 2 aliphatic rings. The van der Waals surface area contributed by atoms with Gasteiger partial charge in [0.25, 0.3) is 0 Å². The highest BCUT2D eigenvalue weighted by atomic mass is 35.5. The molecule has 0 spiro atoms. The Balaban J connectivity index is 0.00000242. The van der Waals surface area contributed by atoms with Crippen LogP contribution in [0.5, 0.6) is 11.5 Å². The Morgan fingerprint density at radius 3 is 2.64 bits per heavy atom. The molecule has 2 saturated heterocycles. The predicted molar refractivity (Wildman–Crippen MR) is 169 cm³/mol. The number of aliphatic hydroxyl groups is 1. The number of ether oxygens (including phenoxy) is 1. The lowest BCUT2D eigenvalue weighted by atomic mass is 9.85. The summed E-state index contributed by atoms with van der Waals surface area (Å²) >= 11 is 6.42. The van der Waals surface area contributed by atoms with Gasteiger partial charge in [0.2, 0.25) is 0 Å². The molecule has 0 radical (unpaired) electrons. The largest absolute Gasteiger partial charge is 0.507 e. The minimum atomic E-state index is -0.813. The van der Waals surface area contributed by atoms with Gasteiger partial charge in [-0.15, -0.1) is 24.8 Å². The first-order chi connectivity index (χ1) is 19.3. The number of likely N-dealkylation sites (tertiary alicyclic amines) is 1. The normalized spacial score (nSPS) is 20.8. The van der Waals surface area contributed by atoms with E-state index in [9.17, 15) is 19.8 Å². The number of halogens is 3. The van der Waals surface area contributed by atoms with Crippen LogP contribution in [-0.2, 0) is 0 Å². The monoisotopic (exact) mass is 641 g/mol. The van der Waals surface area contributed by atoms with Gasteiger partial charge in [-0.2, -0.15) is 0 Å². The molecule has 9 nitrogen and oxygen atoms in total. The number of hydrogen-bond donors (Lipinski definition) is 3. The van der Waals surface area contributed by atoms with Crippen molar-refractivity contribution in [2.75, 3.05) is 39.8 Å². The summed E-state index contributed by atoms with van der Waals surface area (Å²) in [5.74, 6) is -0.575. The minimum Gasteiger partial charge on any atom is -0.507 e. The number of piperidine rings is 2. The first-order valence-corrected chi connectivity index (χ1v) is 14.3. The van der Waals surface area contributed by atoms with Gasteiger partial charge in [0.1, 0.15) is 28.2 Å². The van der Waals surface area contributed by atoms with Gasteiger partial charge in [0, 0.05) is 54.9 Å². The summed E-state index contributed by atoms with van der Waals surface area (Å²) in [6, 6.07) is 9.74. The molecule has 2 fully saturated rings. The molecule has 2 aromatic carbocycles. The summed E-state index contributed by atoms with van der Waals surface area (Å²) in [7, 11) is 1.92. The van der Waals surface area contributed by atoms with Crippen LogP contribution in [0.3, 0.4) is 0 Å². The van der Waals surface area contributed by atoms with Crippen molar-refractivity contribution in [2.45, 2.75) is 50.7 Å². The fraction of sp³-hybridized carbons (Fsp3) is 0.467. The molecule has 1 aromatic heterocycles. The predicted octanol–water partition coefficient (Wildman–Crippen LogP) is 5.41. The summed E-state index contributed by atoms with van der Waals surface area (Å²) in [5, 5.41) is 25.9. The molecule has 0 aliphatic carbocycles. The number of rotatable bonds is 6. The second-order valence-electron chi connectivity index (χ2n) is 10.7. The molecular weight excluding hydrogens is 605 g/mol. The van der Waals surface area contributed by atoms with E-state index in [1.165, 1.54) is 12.1 Å². The van der Waals surface area contributed by atoms with Crippen LogP contribution < -0.4 is 15.5 Å². The maximum atomic E-state index is 13.4. The Morgan fingerprint density at radius 2 is 1.98 bits per heavy atom. The molecule has 12 heteroatoms. The van der Waals surface area contributed by atoms with Crippen LogP contribution in [0.4, 0.5) is 4.79 Å². The van der Waals surface area contributed by atoms with E-state index in [0.29, 0.717) is 48.7 Å². The number of likely N-dealkylation sites (N-methyl/N-ethyl adjacent to an activating group) is 2. The van der Waals surface area contributed by atoms with Gasteiger partial charge in [0.15, 0.2) is 5.43 Å². The minimum absolute atomic E-state index is 0. The fourth-order valence-electron chi connectivity index (χ4n) is 5.80. The first kappa shape index (κ1) is 34.0. The lowest BCUT2D eigenvalue weighted by Crippen LogP contribution is -2.46. The highest BCUT2D eigenvalue weighted by molar-refractivity contribution is 6.33. The number of carbonyl (C=O) groups excluding carboxylic acids is 1. The summed E-state index contributed by atoms with van der Waals surface area (Å²) in [5.41, 5.74) is 0.515. The van der Waals surface area contributed by atoms with E-state index >= 15 is 0 Å². The quantitative estimate of drug-likeness (QED) is 0.327. The molecule has 3 N–H and O–H groups in total.